The van der Waals surface area contributed by atoms with E-state index in [1.165, 1.54) is 0 Å². The largest absolute Gasteiger partial charge is 0.494 e. The summed E-state index contributed by atoms with van der Waals surface area (Å²) >= 11 is 0. The minimum Gasteiger partial charge on any atom is -0.494 e. The van der Waals surface area contributed by atoms with Gasteiger partial charge in [-0.1, -0.05) is 12.1 Å². The highest BCUT2D eigenvalue weighted by atomic mass is 16.5. The number of aromatic amines is 1. The monoisotopic (exact) mass is 288 g/mol. The van der Waals surface area contributed by atoms with E-state index < -0.39 is 11.5 Å². The fourth-order valence-electron chi connectivity index (χ4n) is 2.01. The SMILES string of the molecule is CCOc1cccc(-c2nc(C)c(CC(=O)O)c(=O)[nH]2)c1. The molecule has 0 aliphatic carbocycles. The number of aliphatic carboxylic acids is 1. The van der Waals surface area contributed by atoms with Gasteiger partial charge in [0.15, 0.2) is 0 Å². The van der Waals surface area contributed by atoms with Gasteiger partial charge in [0.25, 0.3) is 5.56 Å². The molecule has 110 valence electrons. The molecule has 0 amide bonds. The van der Waals surface area contributed by atoms with E-state index in [1.807, 2.05) is 13.0 Å². The molecule has 0 atom stereocenters. The van der Waals surface area contributed by atoms with E-state index in [4.69, 9.17) is 9.84 Å². The molecule has 2 N–H and O–H groups in total. The van der Waals surface area contributed by atoms with Crippen molar-refractivity contribution >= 4 is 5.97 Å². The number of aryl methyl sites for hydroxylation is 1. The fraction of sp³-hybridized carbons (Fsp3) is 0.267. The minimum absolute atomic E-state index is 0.173. The summed E-state index contributed by atoms with van der Waals surface area (Å²) in [5.41, 5.74) is 0.870. The van der Waals surface area contributed by atoms with Crippen LogP contribution in [-0.2, 0) is 11.2 Å². The number of aromatic nitrogens is 2. The predicted molar refractivity (Wildman–Crippen MR) is 77.5 cm³/mol. The third-order valence-electron chi connectivity index (χ3n) is 2.97. The second kappa shape index (κ2) is 6.21. The van der Waals surface area contributed by atoms with Gasteiger partial charge in [0, 0.05) is 16.8 Å². The number of hydrogen-bond acceptors (Lipinski definition) is 4. The molecule has 21 heavy (non-hydrogen) atoms. The van der Waals surface area contributed by atoms with Crippen LogP contribution in [0.25, 0.3) is 11.4 Å². The first kappa shape index (κ1) is 14.8. The van der Waals surface area contributed by atoms with Gasteiger partial charge in [0.05, 0.1) is 13.0 Å². The molecule has 0 fully saturated rings. The van der Waals surface area contributed by atoms with Crippen molar-refractivity contribution in [2.45, 2.75) is 20.3 Å². The number of nitrogens with zero attached hydrogens (tertiary/aromatic N) is 1. The number of carboxylic acids is 1. The quantitative estimate of drug-likeness (QED) is 0.874. The van der Waals surface area contributed by atoms with Crippen molar-refractivity contribution in [2.75, 3.05) is 6.61 Å². The number of rotatable bonds is 5. The Bertz CT molecular complexity index is 722. The molecule has 0 spiro atoms. The average molecular weight is 288 g/mol. The first-order valence-corrected chi connectivity index (χ1v) is 6.56. The average Bonchev–Trinajstić information content (AvgIpc) is 2.43. The molecule has 0 aliphatic heterocycles. The van der Waals surface area contributed by atoms with Crippen molar-refractivity contribution in [1.29, 1.82) is 0 Å². The molecule has 1 heterocycles. The number of ether oxygens (including phenoxy) is 1. The van der Waals surface area contributed by atoms with Crippen LogP contribution in [0.5, 0.6) is 5.75 Å². The summed E-state index contributed by atoms with van der Waals surface area (Å²) in [5.74, 6) is 0.0228. The molecule has 1 aromatic carbocycles. The van der Waals surface area contributed by atoms with Crippen LogP contribution in [-0.4, -0.2) is 27.7 Å². The molecular weight excluding hydrogens is 272 g/mol. The summed E-state index contributed by atoms with van der Waals surface area (Å²) in [6.07, 6.45) is -0.340. The normalized spacial score (nSPS) is 10.4. The highest BCUT2D eigenvalue weighted by Gasteiger charge is 2.12. The van der Waals surface area contributed by atoms with E-state index in [2.05, 4.69) is 9.97 Å². The van der Waals surface area contributed by atoms with Crippen LogP contribution in [0.2, 0.25) is 0 Å². The van der Waals surface area contributed by atoms with Crippen LogP contribution in [0, 0.1) is 6.92 Å². The molecule has 0 radical (unpaired) electrons. The van der Waals surface area contributed by atoms with Gasteiger partial charge in [0.2, 0.25) is 0 Å². The van der Waals surface area contributed by atoms with Crippen LogP contribution >= 0.6 is 0 Å². The van der Waals surface area contributed by atoms with Crippen molar-refractivity contribution in [3.63, 3.8) is 0 Å². The van der Waals surface area contributed by atoms with Gasteiger partial charge in [0.1, 0.15) is 11.6 Å². The van der Waals surface area contributed by atoms with Crippen LogP contribution < -0.4 is 10.3 Å². The fourth-order valence-corrected chi connectivity index (χ4v) is 2.01. The number of carbonyl (C=O) groups is 1. The van der Waals surface area contributed by atoms with Crippen LogP contribution in [0.4, 0.5) is 0 Å². The van der Waals surface area contributed by atoms with Gasteiger partial charge in [-0.25, -0.2) is 4.98 Å². The third-order valence-corrected chi connectivity index (χ3v) is 2.97. The lowest BCUT2D eigenvalue weighted by atomic mass is 10.1. The number of nitrogens with one attached hydrogen (secondary N) is 1. The smallest absolute Gasteiger partial charge is 0.308 e. The minimum atomic E-state index is -1.06. The van der Waals surface area contributed by atoms with Gasteiger partial charge in [-0.05, 0) is 26.0 Å². The maximum absolute atomic E-state index is 12.0. The molecular formula is C15H16N2O4. The standard InChI is InChI=1S/C15H16N2O4/c1-3-21-11-6-4-5-10(7-11)14-16-9(2)12(8-13(18)19)15(20)17-14/h4-7H,3,8H2,1-2H3,(H,18,19)(H,16,17,20). The van der Waals surface area contributed by atoms with Gasteiger partial charge in [-0.15, -0.1) is 0 Å². The highest BCUT2D eigenvalue weighted by Crippen LogP contribution is 2.20. The summed E-state index contributed by atoms with van der Waals surface area (Å²) in [6.45, 7) is 4.06. The second-order valence-corrected chi connectivity index (χ2v) is 4.51. The van der Waals surface area contributed by atoms with E-state index in [-0.39, 0.29) is 12.0 Å². The van der Waals surface area contributed by atoms with Gasteiger partial charge in [-0.3, -0.25) is 9.59 Å². The molecule has 2 rings (SSSR count). The van der Waals surface area contributed by atoms with E-state index in [9.17, 15) is 9.59 Å². The van der Waals surface area contributed by atoms with Crippen LogP contribution in [0.1, 0.15) is 18.2 Å². The summed E-state index contributed by atoms with van der Waals surface area (Å²) in [5, 5.41) is 8.80. The number of H-pyrrole nitrogens is 1. The lowest BCUT2D eigenvalue weighted by Crippen LogP contribution is -2.20. The van der Waals surface area contributed by atoms with Crippen LogP contribution in [0.3, 0.4) is 0 Å². The Morgan fingerprint density at radius 1 is 1.43 bits per heavy atom. The lowest BCUT2D eigenvalue weighted by molar-refractivity contribution is -0.136. The molecule has 0 saturated carbocycles. The Hall–Kier alpha value is -2.63. The predicted octanol–water partition coefficient (Wildman–Crippen LogP) is 1.77. The van der Waals surface area contributed by atoms with Gasteiger partial charge < -0.3 is 14.8 Å². The lowest BCUT2D eigenvalue weighted by Gasteiger charge is -2.08. The Kier molecular flexibility index (Phi) is 4.37. The Morgan fingerprint density at radius 2 is 2.19 bits per heavy atom. The van der Waals surface area contributed by atoms with E-state index in [0.29, 0.717) is 29.4 Å². The third kappa shape index (κ3) is 3.47. The zero-order valence-electron chi connectivity index (χ0n) is 11.8. The maximum Gasteiger partial charge on any atom is 0.308 e. The number of benzene rings is 1. The highest BCUT2D eigenvalue weighted by molar-refractivity contribution is 5.70. The summed E-state index contributed by atoms with van der Waals surface area (Å²) < 4.78 is 5.41. The topological polar surface area (TPSA) is 92.3 Å². The van der Waals surface area contributed by atoms with Crippen molar-refractivity contribution in [3.05, 3.63) is 45.9 Å². The molecule has 2 aromatic rings. The molecule has 6 nitrogen and oxygen atoms in total. The zero-order chi connectivity index (χ0) is 15.4. The molecule has 6 heteroatoms. The molecule has 1 aromatic heterocycles. The van der Waals surface area contributed by atoms with E-state index in [0.717, 1.165) is 0 Å². The Morgan fingerprint density at radius 3 is 2.81 bits per heavy atom. The second-order valence-electron chi connectivity index (χ2n) is 4.51. The first-order valence-electron chi connectivity index (χ1n) is 6.56. The molecule has 0 bridgehead atoms. The van der Waals surface area contributed by atoms with Crippen molar-refractivity contribution < 1.29 is 14.6 Å². The first-order chi connectivity index (χ1) is 10.0. The molecule has 0 unspecified atom stereocenters. The summed E-state index contributed by atoms with van der Waals surface area (Å²) in [7, 11) is 0. The number of carboxylic acid groups (broad SMARTS) is 1. The van der Waals surface area contributed by atoms with E-state index >= 15 is 0 Å². The number of hydrogen-bond donors (Lipinski definition) is 2. The van der Waals surface area contributed by atoms with Crippen LogP contribution in [0.15, 0.2) is 29.1 Å². The van der Waals surface area contributed by atoms with Crippen molar-refractivity contribution in [1.82, 2.24) is 9.97 Å². The van der Waals surface area contributed by atoms with Gasteiger partial charge >= 0.3 is 5.97 Å². The van der Waals surface area contributed by atoms with Crippen molar-refractivity contribution in [3.8, 4) is 17.1 Å². The van der Waals surface area contributed by atoms with Crippen molar-refractivity contribution in [2.24, 2.45) is 0 Å². The Labute approximate surface area is 121 Å². The Balaban J connectivity index is 2.44. The summed E-state index contributed by atoms with van der Waals surface area (Å²) in [4.78, 5) is 29.6. The maximum atomic E-state index is 12.0. The summed E-state index contributed by atoms with van der Waals surface area (Å²) in [6, 6.07) is 7.20. The zero-order valence-corrected chi connectivity index (χ0v) is 11.8. The molecule has 0 aliphatic rings. The van der Waals surface area contributed by atoms with Gasteiger partial charge in [-0.2, -0.15) is 0 Å². The van der Waals surface area contributed by atoms with E-state index in [1.54, 1.807) is 25.1 Å². The molecule has 0 saturated heterocycles.